The van der Waals surface area contributed by atoms with Gasteiger partial charge < -0.3 is 15.4 Å². The number of ether oxygens (including phenoxy) is 1. The highest BCUT2D eigenvalue weighted by atomic mass is 16.5. The van der Waals surface area contributed by atoms with Gasteiger partial charge in [0.1, 0.15) is 0 Å². The van der Waals surface area contributed by atoms with Crippen molar-refractivity contribution in [2.45, 2.75) is 52.7 Å². The molecule has 1 aliphatic rings. The van der Waals surface area contributed by atoms with E-state index in [4.69, 9.17) is 4.74 Å². The van der Waals surface area contributed by atoms with Crippen molar-refractivity contribution in [3.8, 4) is 0 Å². The maximum Gasteiger partial charge on any atom is 0.191 e. The molecule has 0 radical (unpaired) electrons. The fourth-order valence-electron chi connectivity index (χ4n) is 3.09. The standard InChI is InChI=1S/C19H31N3O/c1-4-19(11-8-12-19)15-22-18(20-3)21-13-16-9-6-7-10-17(16)14-23-5-2/h6-7,9-10H,4-5,8,11-15H2,1-3H3,(H2,20,21,22). The zero-order chi connectivity index (χ0) is 16.5. The van der Waals surface area contributed by atoms with E-state index in [9.17, 15) is 0 Å². The summed E-state index contributed by atoms with van der Waals surface area (Å²) in [5.74, 6) is 0.885. The van der Waals surface area contributed by atoms with Gasteiger partial charge in [0.25, 0.3) is 0 Å². The molecule has 4 nitrogen and oxygen atoms in total. The van der Waals surface area contributed by atoms with Gasteiger partial charge in [0.15, 0.2) is 5.96 Å². The molecule has 1 aromatic carbocycles. The van der Waals surface area contributed by atoms with Crippen molar-refractivity contribution in [2.75, 3.05) is 20.2 Å². The molecule has 4 heteroatoms. The lowest BCUT2D eigenvalue weighted by atomic mass is 9.67. The summed E-state index contributed by atoms with van der Waals surface area (Å²) in [6.45, 7) is 7.51. The molecule has 2 N–H and O–H groups in total. The smallest absolute Gasteiger partial charge is 0.191 e. The first-order chi connectivity index (χ1) is 11.2. The molecule has 23 heavy (non-hydrogen) atoms. The van der Waals surface area contributed by atoms with Crippen LogP contribution in [0.25, 0.3) is 0 Å². The van der Waals surface area contributed by atoms with Gasteiger partial charge in [-0.25, -0.2) is 0 Å². The number of nitrogens with one attached hydrogen (secondary N) is 2. The van der Waals surface area contributed by atoms with E-state index in [1.54, 1.807) is 0 Å². The third-order valence-electron chi connectivity index (χ3n) is 5.05. The van der Waals surface area contributed by atoms with Crippen molar-refractivity contribution in [3.05, 3.63) is 35.4 Å². The Balaban J connectivity index is 1.86. The van der Waals surface area contributed by atoms with Gasteiger partial charge in [0.2, 0.25) is 0 Å². The predicted octanol–water partition coefficient (Wildman–Crippen LogP) is 3.47. The Morgan fingerprint density at radius 2 is 1.91 bits per heavy atom. The van der Waals surface area contributed by atoms with Crippen molar-refractivity contribution >= 4 is 5.96 Å². The normalized spacial score (nSPS) is 16.7. The number of rotatable bonds is 8. The minimum absolute atomic E-state index is 0.491. The van der Waals surface area contributed by atoms with Crippen LogP contribution in [0.15, 0.2) is 29.3 Å². The molecule has 1 aromatic rings. The number of hydrogen-bond donors (Lipinski definition) is 2. The summed E-state index contributed by atoms with van der Waals surface area (Å²) in [6, 6.07) is 8.41. The second kappa shape index (κ2) is 8.92. The third-order valence-corrected chi connectivity index (χ3v) is 5.05. The topological polar surface area (TPSA) is 45.6 Å². The Hall–Kier alpha value is -1.55. The van der Waals surface area contributed by atoms with Gasteiger partial charge in [-0.2, -0.15) is 0 Å². The second-order valence-electron chi connectivity index (χ2n) is 6.39. The summed E-state index contributed by atoms with van der Waals surface area (Å²) in [4.78, 5) is 4.35. The SMILES string of the molecule is CCOCc1ccccc1CNC(=NC)NCC1(CC)CCC1. The zero-order valence-corrected chi connectivity index (χ0v) is 14.8. The molecular weight excluding hydrogens is 286 g/mol. The maximum atomic E-state index is 5.55. The molecular formula is C19H31N3O. The summed E-state index contributed by atoms with van der Waals surface area (Å²) in [7, 11) is 1.83. The summed E-state index contributed by atoms with van der Waals surface area (Å²) in [6.07, 6.45) is 5.29. The van der Waals surface area contributed by atoms with E-state index in [-0.39, 0.29) is 0 Å². The Kier molecular flexibility index (Phi) is 6.90. The maximum absolute atomic E-state index is 5.55. The molecule has 0 bridgehead atoms. The average Bonchev–Trinajstić information content (AvgIpc) is 2.55. The fraction of sp³-hybridized carbons (Fsp3) is 0.632. The summed E-state index contributed by atoms with van der Waals surface area (Å²) < 4.78 is 5.55. The predicted molar refractivity (Wildman–Crippen MR) is 96.5 cm³/mol. The first-order valence-electron chi connectivity index (χ1n) is 8.82. The molecule has 0 amide bonds. The van der Waals surface area contributed by atoms with Gasteiger partial charge in [-0.1, -0.05) is 37.6 Å². The monoisotopic (exact) mass is 317 g/mol. The first-order valence-corrected chi connectivity index (χ1v) is 8.82. The first kappa shape index (κ1) is 17.8. The quantitative estimate of drug-likeness (QED) is 0.570. The molecule has 0 atom stereocenters. The molecule has 0 heterocycles. The van der Waals surface area contributed by atoms with Gasteiger partial charge in [0.05, 0.1) is 6.61 Å². The van der Waals surface area contributed by atoms with E-state index in [2.05, 4.69) is 46.8 Å². The second-order valence-corrected chi connectivity index (χ2v) is 6.39. The highest BCUT2D eigenvalue weighted by molar-refractivity contribution is 5.79. The van der Waals surface area contributed by atoms with Gasteiger partial charge in [0, 0.05) is 26.7 Å². The number of benzene rings is 1. The molecule has 0 spiro atoms. The van der Waals surface area contributed by atoms with Crippen LogP contribution in [0.2, 0.25) is 0 Å². The molecule has 1 saturated carbocycles. The number of hydrogen-bond acceptors (Lipinski definition) is 2. The largest absolute Gasteiger partial charge is 0.377 e. The van der Waals surface area contributed by atoms with E-state index < -0.39 is 0 Å². The van der Waals surface area contributed by atoms with Gasteiger partial charge in [-0.15, -0.1) is 0 Å². The highest BCUT2D eigenvalue weighted by Gasteiger charge is 2.34. The Morgan fingerprint density at radius 1 is 1.17 bits per heavy atom. The lowest BCUT2D eigenvalue weighted by Gasteiger charge is -2.41. The molecule has 0 unspecified atom stereocenters. The summed E-state index contributed by atoms with van der Waals surface area (Å²) >= 11 is 0. The fourth-order valence-corrected chi connectivity index (χ4v) is 3.09. The van der Waals surface area contributed by atoms with Crippen LogP contribution in [-0.4, -0.2) is 26.2 Å². The van der Waals surface area contributed by atoms with E-state index >= 15 is 0 Å². The minimum Gasteiger partial charge on any atom is -0.377 e. The number of nitrogens with zero attached hydrogens (tertiary/aromatic N) is 1. The lowest BCUT2D eigenvalue weighted by molar-refractivity contribution is 0.131. The van der Waals surface area contributed by atoms with Crippen molar-refractivity contribution in [2.24, 2.45) is 10.4 Å². The van der Waals surface area contributed by atoms with Crippen LogP contribution in [0.5, 0.6) is 0 Å². The number of aliphatic imine (C=N–C) groups is 1. The zero-order valence-electron chi connectivity index (χ0n) is 14.8. The average molecular weight is 317 g/mol. The van der Waals surface area contributed by atoms with E-state index in [0.29, 0.717) is 12.0 Å². The van der Waals surface area contributed by atoms with E-state index in [1.807, 2.05) is 14.0 Å². The highest BCUT2D eigenvalue weighted by Crippen LogP contribution is 2.42. The number of guanidine groups is 1. The Morgan fingerprint density at radius 3 is 2.48 bits per heavy atom. The molecule has 0 saturated heterocycles. The Labute approximate surface area is 140 Å². The van der Waals surface area contributed by atoms with Crippen LogP contribution >= 0.6 is 0 Å². The van der Waals surface area contributed by atoms with Crippen LogP contribution in [0.1, 0.15) is 50.7 Å². The molecule has 128 valence electrons. The van der Waals surface area contributed by atoms with Crippen LogP contribution in [0.4, 0.5) is 0 Å². The summed E-state index contributed by atoms with van der Waals surface area (Å²) in [5, 5.41) is 6.93. The van der Waals surface area contributed by atoms with Crippen molar-refractivity contribution < 1.29 is 4.74 Å². The molecule has 0 aromatic heterocycles. The molecule has 2 rings (SSSR count). The molecule has 1 fully saturated rings. The van der Waals surface area contributed by atoms with Crippen LogP contribution in [0, 0.1) is 5.41 Å². The van der Waals surface area contributed by atoms with E-state index in [1.165, 1.54) is 36.8 Å². The van der Waals surface area contributed by atoms with Crippen LogP contribution in [0.3, 0.4) is 0 Å². The van der Waals surface area contributed by atoms with Crippen LogP contribution < -0.4 is 10.6 Å². The van der Waals surface area contributed by atoms with Gasteiger partial charge >= 0.3 is 0 Å². The van der Waals surface area contributed by atoms with Crippen molar-refractivity contribution in [1.82, 2.24) is 10.6 Å². The third kappa shape index (κ3) is 4.96. The molecule has 0 aliphatic heterocycles. The lowest BCUT2D eigenvalue weighted by Crippen LogP contribution is -2.46. The minimum atomic E-state index is 0.491. The van der Waals surface area contributed by atoms with E-state index in [0.717, 1.165) is 25.7 Å². The Bertz CT molecular complexity index is 504. The van der Waals surface area contributed by atoms with Gasteiger partial charge in [-0.05, 0) is 42.7 Å². The van der Waals surface area contributed by atoms with Crippen LogP contribution in [-0.2, 0) is 17.9 Å². The molecule has 1 aliphatic carbocycles. The van der Waals surface area contributed by atoms with Crippen molar-refractivity contribution in [1.29, 1.82) is 0 Å². The van der Waals surface area contributed by atoms with Gasteiger partial charge in [-0.3, -0.25) is 4.99 Å². The van der Waals surface area contributed by atoms with Crippen molar-refractivity contribution in [3.63, 3.8) is 0 Å². The summed E-state index contributed by atoms with van der Waals surface area (Å²) in [5.41, 5.74) is 2.99.